The Morgan fingerprint density at radius 1 is 1.23 bits per heavy atom. The van der Waals surface area contributed by atoms with Crippen LogP contribution in [0.15, 0.2) is 35.5 Å². The van der Waals surface area contributed by atoms with Gasteiger partial charge < -0.3 is 34.7 Å². The van der Waals surface area contributed by atoms with E-state index in [9.17, 15) is 33.4 Å². The van der Waals surface area contributed by atoms with Crippen molar-refractivity contribution in [2.24, 2.45) is 5.16 Å². The molecule has 1 fully saturated rings. The third-order valence-electron chi connectivity index (χ3n) is 4.26. The second kappa shape index (κ2) is 11.2. The Kier molecular flexibility index (Phi) is 9.75. The summed E-state index contributed by atoms with van der Waals surface area (Å²) >= 11 is 0.691. The number of aliphatic hydroxyl groups excluding tert-OH is 4. The molecule has 5 unspecified atom stereocenters. The number of aromatic nitrogens is 1. The third-order valence-corrected chi connectivity index (χ3v) is 5.63. The number of hydrogen-bond acceptors (Lipinski definition) is 11. The number of benzene rings is 1. The standard InChI is InChI=1S/C16H20N2O9S2.K/c19-7-11-13(20)14(21)15(22)16(26-11)28-12(18-27-29(23,24)25)6-9-5-8-3-1-2-4-10(8)17-9;/h1-5,11,13-17,19-22H,6-7H2,(H,23,24,25);/q;+1/p-1/b18-12-;. The van der Waals surface area contributed by atoms with E-state index in [0.717, 1.165) is 10.9 Å². The number of nitrogens with one attached hydrogen (secondary N) is 1. The summed E-state index contributed by atoms with van der Waals surface area (Å²) in [6.45, 7) is -0.623. The van der Waals surface area contributed by atoms with E-state index in [1.165, 1.54) is 0 Å². The van der Waals surface area contributed by atoms with Crippen LogP contribution < -0.4 is 51.4 Å². The van der Waals surface area contributed by atoms with Crippen molar-refractivity contribution in [2.75, 3.05) is 6.61 Å². The number of H-pyrrole nitrogens is 1. The molecular weight excluding hydrogens is 467 g/mol. The summed E-state index contributed by atoms with van der Waals surface area (Å²) in [5, 5.41) is 43.4. The monoisotopic (exact) mass is 486 g/mol. The van der Waals surface area contributed by atoms with Crippen LogP contribution in [0, 0.1) is 0 Å². The molecule has 0 bridgehead atoms. The number of thioether (sulfide) groups is 1. The Bertz CT molecular complexity index is 949. The molecule has 0 saturated carbocycles. The summed E-state index contributed by atoms with van der Waals surface area (Å²) in [7, 11) is -5.12. The van der Waals surface area contributed by atoms with E-state index in [1.54, 1.807) is 6.07 Å². The number of hydrogen-bond donors (Lipinski definition) is 5. The molecule has 5 N–H and O–H groups in total. The van der Waals surface area contributed by atoms with Crippen molar-refractivity contribution in [1.82, 2.24) is 4.98 Å². The van der Waals surface area contributed by atoms with E-state index >= 15 is 0 Å². The Labute approximate surface area is 218 Å². The van der Waals surface area contributed by atoms with Crippen LogP contribution in [0.25, 0.3) is 10.9 Å². The minimum atomic E-state index is -5.12. The first-order chi connectivity index (χ1) is 13.7. The van der Waals surface area contributed by atoms with Crippen LogP contribution in [0.2, 0.25) is 0 Å². The molecule has 14 heteroatoms. The van der Waals surface area contributed by atoms with Gasteiger partial charge in [0.1, 0.15) is 34.9 Å². The van der Waals surface area contributed by atoms with Crippen molar-refractivity contribution in [3.05, 3.63) is 36.0 Å². The topological polar surface area (TPSA) is 185 Å². The summed E-state index contributed by atoms with van der Waals surface area (Å²) in [5.74, 6) is 0. The number of aromatic amines is 1. The fraction of sp³-hybridized carbons (Fsp3) is 0.438. The van der Waals surface area contributed by atoms with Crippen molar-refractivity contribution in [3.63, 3.8) is 0 Å². The van der Waals surface area contributed by atoms with Crippen LogP contribution in [0.1, 0.15) is 5.69 Å². The molecule has 0 spiro atoms. The maximum absolute atomic E-state index is 10.8. The van der Waals surface area contributed by atoms with Crippen LogP contribution in [0.3, 0.4) is 0 Å². The van der Waals surface area contributed by atoms with Crippen molar-refractivity contribution in [2.45, 2.75) is 36.3 Å². The van der Waals surface area contributed by atoms with E-state index in [4.69, 9.17) is 4.74 Å². The number of rotatable bonds is 6. The quantitative estimate of drug-likeness (QED) is 0.0674. The molecule has 0 amide bonds. The largest absolute Gasteiger partial charge is 1.00 e. The molecule has 160 valence electrons. The van der Waals surface area contributed by atoms with Crippen LogP contribution in [-0.2, 0) is 25.8 Å². The van der Waals surface area contributed by atoms with Crippen molar-refractivity contribution >= 4 is 38.1 Å². The summed E-state index contributed by atoms with van der Waals surface area (Å²) in [6, 6.07) is 9.14. The van der Waals surface area contributed by atoms with E-state index < -0.39 is 46.9 Å². The number of oxime groups is 1. The van der Waals surface area contributed by atoms with Gasteiger partial charge in [-0.3, -0.25) is 4.28 Å². The van der Waals surface area contributed by atoms with Gasteiger partial charge in [0, 0.05) is 17.6 Å². The molecule has 3 rings (SSSR count). The van der Waals surface area contributed by atoms with Crippen molar-refractivity contribution in [1.29, 1.82) is 0 Å². The number of fused-ring (bicyclic) bond motifs is 1. The number of aliphatic hydroxyl groups is 4. The third kappa shape index (κ3) is 6.71. The summed E-state index contributed by atoms with van der Waals surface area (Å²) in [6.07, 6.45) is -5.89. The van der Waals surface area contributed by atoms with Crippen LogP contribution in [-0.4, -0.2) is 79.9 Å². The Morgan fingerprint density at radius 2 is 1.93 bits per heavy atom. The second-order valence-electron chi connectivity index (χ2n) is 6.34. The van der Waals surface area contributed by atoms with Gasteiger partial charge in [-0.1, -0.05) is 35.1 Å². The molecule has 1 aliphatic rings. The maximum Gasteiger partial charge on any atom is 1.00 e. The molecule has 1 aliphatic heterocycles. The molecule has 5 atom stereocenters. The van der Waals surface area contributed by atoms with Crippen molar-refractivity contribution < 1.29 is 93.8 Å². The average molecular weight is 487 g/mol. The van der Waals surface area contributed by atoms with Crippen molar-refractivity contribution in [3.8, 4) is 0 Å². The van der Waals surface area contributed by atoms with Gasteiger partial charge in [-0.15, -0.1) is 0 Å². The van der Waals surface area contributed by atoms with Gasteiger partial charge in [-0.25, -0.2) is 0 Å². The predicted molar refractivity (Wildman–Crippen MR) is 102 cm³/mol. The maximum atomic E-state index is 10.8. The van der Waals surface area contributed by atoms with E-state index in [-0.39, 0.29) is 62.8 Å². The average Bonchev–Trinajstić information content (AvgIpc) is 3.08. The SMILES string of the molecule is O=S(=O)([O-])O/N=C(/Cc1cc2ccccc2[nH]1)SC1OC(CO)C(O)C(O)C1O.[K+]. The van der Waals surface area contributed by atoms with Gasteiger partial charge in [0.05, 0.1) is 6.61 Å². The summed E-state index contributed by atoms with van der Waals surface area (Å²) < 4.78 is 41.7. The fourth-order valence-electron chi connectivity index (χ4n) is 2.87. The number of nitrogens with zero attached hydrogens (tertiary/aromatic N) is 1. The first-order valence-electron chi connectivity index (χ1n) is 8.43. The molecule has 1 aromatic carbocycles. The zero-order valence-electron chi connectivity index (χ0n) is 15.8. The first kappa shape index (κ1) is 26.2. The summed E-state index contributed by atoms with van der Waals surface area (Å²) in [4.78, 5) is 3.10. The van der Waals surface area contributed by atoms with Crippen LogP contribution in [0.4, 0.5) is 0 Å². The van der Waals surface area contributed by atoms with E-state index in [1.807, 2.05) is 24.3 Å². The van der Waals surface area contributed by atoms with Gasteiger partial charge in [-0.2, -0.15) is 8.42 Å². The van der Waals surface area contributed by atoms with Gasteiger partial charge in [-0.05, 0) is 17.5 Å². The molecule has 0 radical (unpaired) electrons. The Balaban J connectivity index is 0.00000320. The minimum Gasteiger partial charge on any atom is -0.714 e. The van der Waals surface area contributed by atoms with E-state index in [2.05, 4.69) is 14.4 Å². The van der Waals surface area contributed by atoms with E-state index in [0.29, 0.717) is 17.5 Å². The molecule has 0 aliphatic carbocycles. The molecular formula is C16H19KN2O9S2. The first-order valence-corrected chi connectivity index (χ1v) is 10.6. The molecule has 1 saturated heterocycles. The Hall–Kier alpha value is -0.0736. The minimum absolute atomic E-state index is 0. The van der Waals surface area contributed by atoms with Crippen LogP contribution >= 0.6 is 11.8 Å². The van der Waals surface area contributed by atoms with Crippen LogP contribution in [0.5, 0.6) is 0 Å². The van der Waals surface area contributed by atoms with Gasteiger partial charge in [0.2, 0.25) is 0 Å². The van der Waals surface area contributed by atoms with Gasteiger partial charge in [0.25, 0.3) is 10.4 Å². The molecule has 1 aromatic heterocycles. The summed E-state index contributed by atoms with van der Waals surface area (Å²) in [5.41, 5.74) is 0.206. The molecule has 2 heterocycles. The normalized spacial score (nSPS) is 27.6. The fourth-order valence-corrected chi connectivity index (χ4v) is 4.19. The zero-order valence-corrected chi connectivity index (χ0v) is 20.5. The predicted octanol–water partition coefficient (Wildman–Crippen LogP) is -3.96. The number of ether oxygens (including phenoxy) is 1. The number of para-hydroxylation sites is 1. The molecule has 30 heavy (non-hydrogen) atoms. The van der Waals surface area contributed by atoms with Gasteiger partial charge in [0.15, 0.2) is 0 Å². The molecule has 2 aromatic rings. The molecule has 11 nitrogen and oxygen atoms in total. The Morgan fingerprint density at radius 3 is 2.57 bits per heavy atom. The smallest absolute Gasteiger partial charge is 0.714 e. The zero-order chi connectivity index (χ0) is 21.2. The second-order valence-corrected chi connectivity index (χ2v) is 8.48. The van der Waals surface area contributed by atoms with Gasteiger partial charge >= 0.3 is 51.4 Å².